The molecule has 116 valence electrons. The van der Waals surface area contributed by atoms with Crippen molar-refractivity contribution in [3.63, 3.8) is 0 Å². The van der Waals surface area contributed by atoms with Crippen molar-refractivity contribution >= 4 is 40.6 Å². The Balaban J connectivity index is 1.90. The number of aliphatic imine (C=N–C) groups is 1. The van der Waals surface area contributed by atoms with E-state index in [0.29, 0.717) is 15.8 Å². The number of rotatable bonds is 3. The molecule has 0 bridgehead atoms. The van der Waals surface area contributed by atoms with Gasteiger partial charge in [-0.05, 0) is 42.1 Å². The number of carbonyl (C=O) groups excluding carboxylic acids is 1. The van der Waals surface area contributed by atoms with Crippen molar-refractivity contribution < 1.29 is 14.7 Å². The van der Waals surface area contributed by atoms with E-state index < -0.39 is 5.97 Å². The maximum absolute atomic E-state index is 12.0. The van der Waals surface area contributed by atoms with Gasteiger partial charge in [-0.2, -0.15) is 0 Å². The summed E-state index contributed by atoms with van der Waals surface area (Å²) in [6, 6.07) is 10.2. The van der Waals surface area contributed by atoms with Gasteiger partial charge in [-0.1, -0.05) is 12.1 Å². The number of aryl methyl sites for hydroxylation is 1. The molecule has 7 heteroatoms. The Morgan fingerprint density at radius 2 is 2.09 bits per heavy atom. The normalized spacial score (nSPS) is 17.7. The summed E-state index contributed by atoms with van der Waals surface area (Å²) < 4.78 is 1.90. The molecule has 1 aromatic heterocycles. The minimum absolute atomic E-state index is 0.0923. The van der Waals surface area contributed by atoms with Crippen LogP contribution >= 0.6 is 11.8 Å². The predicted molar refractivity (Wildman–Crippen MR) is 89.6 cm³/mol. The van der Waals surface area contributed by atoms with Crippen LogP contribution in [0.15, 0.2) is 52.5 Å². The van der Waals surface area contributed by atoms with Gasteiger partial charge >= 0.3 is 5.97 Å². The molecule has 1 saturated heterocycles. The first kappa shape index (κ1) is 15.1. The average molecular weight is 327 g/mol. The molecular weight excluding hydrogens is 314 g/mol. The summed E-state index contributed by atoms with van der Waals surface area (Å²) in [7, 11) is 1.89. The van der Waals surface area contributed by atoms with Crippen molar-refractivity contribution in [2.24, 2.45) is 12.0 Å². The quantitative estimate of drug-likeness (QED) is 0.849. The highest BCUT2D eigenvalue weighted by atomic mass is 32.2. The van der Waals surface area contributed by atoms with Crippen molar-refractivity contribution in [3.8, 4) is 0 Å². The van der Waals surface area contributed by atoms with Crippen LogP contribution in [-0.4, -0.2) is 26.7 Å². The fraction of sp³-hybridized carbons (Fsp3) is 0.0625. The van der Waals surface area contributed by atoms with Crippen molar-refractivity contribution in [1.29, 1.82) is 0 Å². The largest absolute Gasteiger partial charge is 0.478 e. The molecule has 2 heterocycles. The number of nitrogens with one attached hydrogen (secondary N) is 1. The van der Waals surface area contributed by atoms with Crippen LogP contribution in [-0.2, 0) is 11.8 Å². The number of hydrogen-bond donors (Lipinski definition) is 2. The van der Waals surface area contributed by atoms with Crippen LogP contribution in [0.4, 0.5) is 5.69 Å². The molecule has 0 spiro atoms. The van der Waals surface area contributed by atoms with Gasteiger partial charge in [-0.25, -0.2) is 9.79 Å². The third kappa shape index (κ3) is 3.19. The molecule has 1 aromatic carbocycles. The van der Waals surface area contributed by atoms with Gasteiger partial charge in [0.15, 0.2) is 5.17 Å². The lowest BCUT2D eigenvalue weighted by Crippen LogP contribution is -2.19. The van der Waals surface area contributed by atoms with Crippen molar-refractivity contribution in [3.05, 3.63) is 58.8 Å². The monoisotopic (exact) mass is 327 g/mol. The van der Waals surface area contributed by atoms with E-state index in [1.807, 2.05) is 29.9 Å². The number of aromatic nitrogens is 1. The van der Waals surface area contributed by atoms with Crippen LogP contribution in [0.5, 0.6) is 0 Å². The summed E-state index contributed by atoms with van der Waals surface area (Å²) >= 11 is 1.19. The molecular formula is C16H13N3O3S. The second-order valence-corrected chi connectivity index (χ2v) is 5.88. The number of carbonyl (C=O) groups is 2. The van der Waals surface area contributed by atoms with E-state index in [1.165, 1.54) is 17.8 Å². The number of carboxylic acids is 1. The van der Waals surface area contributed by atoms with Gasteiger partial charge in [0.2, 0.25) is 0 Å². The summed E-state index contributed by atoms with van der Waals surface area (Å²) in [6.07, 6.45) is 3.66. The lowest BCUT2D eigenvalue weighted by atomic mass is 10.2. The molecule has 0 aliphatic carbocycles. The molecule has 1 aliphatic heterocycles. The SMILES string of the molecule is Cn1cccc1/C=C1/SC(=Nc2ccccc2C(=O)O)NC1=O. The lowest BCUT2D eigenvalue weighted by Gasteiger charge is -2.00. The Morgan fingerprint density at radius 3 is 2.78 bits per heavy atom. The summed E-state index contributed by atoms with van der Waals surface area (Å²) in [5, 5.41) is 12.2. The second kappa shape index (κ2) is 6.13. The second-order valence-electron chi connectivity index (χ2n) is 4.85. The maximum Gasteiger partial charge on any atom is 0.337 e. The van der Waals surface area contributed by atoms with E-state index in [4.69, 9.17) is 5.11 Å². The number of nitrogens with zero attached hydrogens (tertiary/aromatic N) is 2. The first-order chi connectivity index (χ1) is 11.0. The molecule has 1 aliphatic rings. The fourth-order valence-corrected chi connectivity index (χ4v) is 2.92. The molecule has 0 radical (unpaired) electrons. The number of amidine groups is 1. The summed E-state index contributed by atoms with van der Waals surface area (Å²) in [5.74, 6) is -1.30. The van der Waals surface area contributed by atoms with Crippen molar-refractivity contribution in [2.45, 2.75) is 0 Å². The third-order valence-corrected chi connectivity index (χ3v) is 4.18. The van der Waals surface area contributed by atoms with Crippen LogP contribution in [0, 0.1) is 0 Å². The number of aromatic carboxylic acids is 1. The zero-order chi connectivity index (χ0) is 16.4. The minimum atomic E-state index is -1.06. The number of thioether (sulfide) groups is 1. The Labute approximate surface area is 136 Å². The van der Waals surface area contributed by atoms with E-state index in [9.17, 15) is 9.59 Å². The first-order valence-electron chi connectivity index (χ1n) is 6.78. The number of amides is 1. The van der Waals surface area contributed by atoms with Crippen molar-refractivity contribution in [1.82, 2.24) is 9.88 Å². The molecule has 3 rings (SSSR count). The zero-order valence-electron chi connectivity index (χ0n) is 12.2. The van der Waals surface area contributed by atoms with Gasteiger partial charge in [0.1, 0.15) is 0 Å². The standard InChI is InChI=1S/C16H13N3O3S/c1-19-8-4-5-10(19)9-13-14(20)18-16(23-13)17-12-7-3-2-6-11(12)15(21)22/h2-9H,1H3,(H,21,22)(H,17,18,20)/b13-9+. The number of carboxylic acid groups (broad SMARTS) is 1. The van der Waals surface area contributed by atoms with E-state index in [2.05, 4.69) is 10.3 Å². The molecule has 0 unspecified atom stereocenters. The fourth-order valence-electron chi connectivity index (χ4n) is 2.10. The molecule has 1 fully saturated rings. The highest BCUT2D eigenvalue weighted by molar-refractivity contribution is 8.18. The maximum atomic E-state index is 12.0. The van der Waals surface area contributed by atoms with Gasteiger partial charge in [0.25, 0.3) is 5.91 Å². The molecule has 6 nitrogen and oxygen atoms in total. The van der Waals surface area contributed by atoms with E-state index in [0.717, 1.165) is 5.69 Å². The molecule has 0 saturated carbocycles. The van der Waals surface area contributed by atoms with Gasteiger partial charge in [0.05, 0.1) is 16.2 Å². The van der Waals surface area contributed by atoms with Crippen LogP contribution < -0.4 is 5.32 Å². The average Bonchev–Trinajstić information content (AvgIpc) is 3.06. The zero-order valence-corrected chi connectivity index (χ0v) is 13.0. The topological polar surface area (TPSA) is 83.7 Å². The van der Waals surface area contributed by atoms with Gasteiger partial charge in [-0.3, -0.25) is 4.79 Å². The van der Waals surface area contributed by atoms with E-state index >= 15 is 0 Å². The van der Waals surface area contributed by atoms with Crippen LogP contribution in [0.25, 0.3) is 6.08 Å². The molecule has 2 N–H and O–H groups in total. The predicted octanol–water partition coefficient (Wildman–Crippen LogP) is 2.61. The smallest absolute Gasteiger partial charge is 0.337 e. The molecule has 23 heavy (non-hydrogen) atoms. The van der Waals surface area contributed by atoms with Gasteiger partial charge in [-0.15, -0.1) is 0 Å². The van der Waals surface area contributed by atoms with Crippen LogP contribution in [0.1, 0.15) is 16.1 Å². The summed E-state index contributed by atoms with van der Waals surface area (Å²) in [6.45, 7) is 0. The molecule has 1 amide bonds. The summed E-state index contributed by atoms with van der Waals surface area (Å²) in [4.78, 5) is 28.0. The summed E-state index contributed by atoms with van der Waals surface area (Å²) in [5.41, 5.74) is 1.30. The minimum Gasteiger partial charge on any atom is -0.478 e. The van der Waals surface area contributed by atoms with Crippen LogP contribution in [0.3, 0.4) is 0 Å². The number of para-hydroxylation sites is 1. The third-order valence-electron chi connectivity index (χ3n) is 3.27. The number of hydrogen-bond acceptors (Lipinski definition) is 4. The lowest BCUT2D eigenvalue weighted by molar-refractivity contribution is -0.115. The number of benzene rings is 1. The Kier molecular flexibility index (Phi) is 4.03. The molecule has 2 aromatic rings. The van der Waals surface area contributed by atoms with Crippen molar-refractivity contribution in [2.75, 3.05) is 0 Å². The Morgan fingerprint density at radius 1 is 1.30 bits per heavy atom. The highest BCUT2D eigenvalue weighted by Crippen LogP contribution is 2.29. The first-order valence-corrected chi connectivity index (χ1v) is 7.59. The highest BCUT2D eigenvalue weighted by Gasteiger charge is 2.24. The van der Waals surface area contributed by atoms with Gasteiger partial charge < -0.3 is 15.0 Å². The molecule has 0 atom stereocenters. The Hall–Kier alpha value is -2.80. The van der Waals surface area contributed by atoms with E-state index in [1.54, 1.807) is 24.3 Å². The van der Waals surface area contributed by atoms with Crippen LogP contribution in [0.2, 0.25) is 0 Å². The van der Waals surface area contributed by atoms with Gasteiger partial charge in [0, 0.05) is 18.9 Å². The van der Waals surface area contributed by atoms with E-state index in [-0.39, 0.29) is 11.5 Å². The Bertz CT molecular complexity index is 852.